The Morgan fingerprint density at radius 1 is 1.35 bits per heavy atom. The first-order valence-corrected chi connectivity index (χ1v) is 8.88. The first-order chi connectivity index (χ1) is 12.4. The predicted molar refractivity (Wildman–Crippen MR) is 103 cm³/mol. The standard InChI is InChI=1S/C18H18Cl2N4O2/c1-10(2)13(7-16(25)26)22-15-8-14(24-6-5-21-9-24)11-3-4-12(19)17(20)18(11)23-15/h3-6,8-10,13H,7H2,1-2H3,(H,22,23)(H,25,26)/t13-/m0/s1. The van der Waals surface area contributed by atoms with Crippen LogP contribution >= 0.6 is 23.2 Å². The van der Waals surface area contributed by atoms with Crippen molar-refractivity contribution in [3.8, 4) is 5.69 Å². The molecule has 0 aliphatic rings. The minimum Gasteiger partial charge on any atom is -0.481 e. The van der Waals surface area contributed by atoms with Gasteiger partial charge in [-0.3, -0.25) is 4.79 Å². The highest BCUT2D eigenvalue weighted by atomic mass is 35.5. The van der Waals surface area contributed by atoms with Gasteiger partial charge in [0.15, 0.2) is 0 Å². The minimum atomic E-state index is -0.868. The number of aliphatic carboxylic acids is 1. The van der Waals surface area contributed by atoms with E-state index in [-0.39, 0.29) is 18.4 Å². The number of hydrogen-bond acceptors (Lipinski definition) is 4. The van der Waals surface area contributed by atoms with Gasteiger partial charge in [0, 0.05) is 29.9 Å². The van der Waals surface area contributed by atoms with Crippen molar-refractivity contribution >= 4 is 45.9 Å². The topological polar surface area (TPSA) is 80.0 Å². The average molecular weight is 393 g/mol. The number of aromatic nitrogens is 3. The molecule has 2 N–H and O–H groups in total. The van der Waals surface area contributed by atoms with Crippen molar-refractivity contribution in [2.75, 3.05) is 5.32 Å². The molecule has 8 heteroatoms. The molecule has 0 saturated carbocycles. The van der Waals surface area contributed by atoms with Gasteiger partial charge in [0.05, 0.1) is 34.0 Å². The quantitative estimate of drug-likeness (QED) is 0.638. The van der Waals surface area contributed by atoms with E-state index in [1.165, 1.54) is 0 Å². The molecule has 0 spiro atoms. The maximum absolute atomic E-state index is 11.2. The Balaban J connectivity index is 2.14. The lowest BCUT2D eigenvalue weighted by Crippen LogP contribution is -2.29. The van der Waals surface area contributed by atoms with Crippen LogP contribution in [0.5, 0.6) is 0 Å². The summed E-state index contributed by atoms with van der Waals surface area (Å²) in [6, 6.07) is 5.16. The fourth-order valence-electron chi connectivity index (χ4n) is 2.74. The summed E-state index contributed by atoms with van der Waals surface area (Å²) in [5.74, 6) is -0.228. The van der Waals surface area contributed by atoms with Crippen molar-refractivity contribution in [1.82, 2.24) is 14.5 Å². The highest BCUT2D eigenvalue weighted by Crippen LogP contribution is 2.34. The number of carboxylic acids is 1. The Labute approximate surface area is 160 Å². The van der Waals surface area contributed by atoms with Gasteiger partial charge in [-0.05, 0) is 18.1 Å². The van der Waals surface area contributed by atoms with E-state index < -0.39 is 5.97 Å². The molecular formula is C18H18Cl2N4O2. The first kappa shape index (κ1) is 18.5. The number of nitrogens with zero attached hydrogens (tertiary/aromatic N) is 3. The number of nitrogens with one attached hydrogen (secondary N) is 1. The Bertz CT molecular complexity index is 942. The van der Waals surface area contributed by atoms with E-state index in [4.69, 9.17) is 28.3 Å². The van der Waals surface area contributed by atoms with E-state index >= 15 is 0 Å². The van der Waals surface area contributed by atoms with Crippen molar-refractivity contribution in [1.29, 1.82) is 0 Å². The van der Waals surface area contributed by atoms with Crippen LogP contribution in [0.2, 0.25) is 10.0 Å². The molecule has 0 saturated heterocycles. The number of imidazole rings is 1. The number of halogens is 2. The molecule has 26 heavy (non-hydrogen) atoms. The van der Waals surface area contributed by atoms with E-state index in [0.29, 0.717) is 21.4 Å². The number of fused-ring (bicyclic) bond motifs is 1. The molecule has 3 rings (SSSR count). The van der Waals surface area contributed by atoms with Crippen molar-refractivity contribution < 1.29 is 9.90 Å². The zero-order valence-corrected chi connectivity index (χ0v) is 15.8. The summed E-state index contributed by atoms with van der Waals surface area (Å²) < 4.78 is 1.85. The number of carbonyl (C=O) groups is 1. The second-order valence-corrected chi connectivity index (χ2v) is 7.13. The number of rotatable bonds is 6. The van der Waals surface area contributed by atoms with Gasteiger partial charge in [-0.25, -0.2) is 9.97 Å². The SMILES string of the molecule is CC(C)[C@H](CC(=O)O)Nc1cc(-n2ccnc2)c2ccc(Cl)c(Cl)c2n1. The fourth-order valence-corrected chi connectivity index (χ4v) is 3.10. The van der Waals surface area contributed by atoms with Crippen LogP contribution in [0.1, 0.15) is 20.3 Å². The van der Waals surface area contributed by atoms with Crippen LogP contribution in [-0.2, 0) is 4.79 Å². The predicted octanol–water partition coefficient (Wildman–Crippen LogP) is 4.64. The summed E-state index contributed by atoms with van der Waals surface area (Å²) in [6.07, 6.45) is 5.16. The lowest BCUT2D eigenvalue weighted by molar-refractivity contribution is -0.137. The molecule has 0 radical (unpaired) electrons. The number of pyridine rings is 1. The first-order valence-electron chi connectivity index (χ1n) is 8.12. The van der Waals surface area contributed by atoms with Gasteiger partial charge in [-0.1, -0.05) is 37.0 Å². The molecule has 2 heterocycles. The molecular weight excluding hydrogens is 375 g/mol. The van der Waals surface area contributed by atoms with Crippen LogP contribution in [0.25, 0.3) is 16.6 Å². The molecule has 0 aliphatic carbocycles. The number of anilines is 1. The largest absolute Gasteiger partial charge is 0.481 e. The van der Waals surface area contributed by atoms with E-state index in [0.717, 1.165) is 11.1 Å². The smallest absolute Gasteiger partial charge is 0.305 e. The van der Waals surface area contributed by atoms with Gasteiger partial charge >= 0.3 is 5.97 Å². The van der Waals surface area contributed by atoms with Gasteiger partial charge in [-0.15, -0.1) is 0 Å². The molecule has 3 aromatic rings. The van der Waals surface area contributed by atoms with Gasteiger partial charge in [0.2, 0.25) is 0 Å². The Morgan fingerprint density at radius 2 is 2.12 bits per heavy atom. The molecule has 2 aromatic heterocycles. The Kier molecular flexibility index (Phi) is 5.34. The van der Waals surface area contributed by atoms with Gasteiger partial charge in [-0.2, -0.15) is 0 Å². The second kappa shape index (κ2) is 7.51. The van der Waals surface area contributed by atoms with E-state index in [1.54, 1.807) is 18.6 Å². The maximum Gasteiger partial charge on any atom is 0.305 e. The molecule has 0 unspecified atom stereocenters. The zero-order valence-electron chi connectivity index (χ0n) is 14.3. The van der Waals surface area contributed by atoms with Crippen LogP contribution in [0.3, 0.4) is 0 Å². The second-order valence-electron chi connectivity index (χ2n) is 6.35. The van der Waals surface area contributed by atoms with Gasteiger partial charge in [0.25, 0.3) is 0 Å². The highest BCUT2D eigenvalue weighted by molar-refractivity contribution is 6.45. The molecule has 0 fully saturated rings. The summed E-state index contributed by atoms with van der Waals surface area (Å²) in [7, 11) is 0. The third-order valence-electron chi connectivity index (χ3n) is 4.17. The van der Waals surface area contributed by atoms with Crippen molar-refractivity contribution in [3.63, 3.8) is 0 Å². The lowest BCUT2D eigenvalue weighted by Gasteiger charge is -2.22. The fraction of sp³-hybridized carbons (Fsp3) is 0.278. The molecule has 6 nitrogen and oxygen atoms in total. The minimum absolute atomic E-state index is 0.0128. The summed E-state index contributed by atoms with van der Waals surface area (Å²) >= 11 is 12.5. The van der Waals surface area contributed by atoms with Crippen LogP contribution in [0, 0.1) is 5.92 Å². The average Bonchev–Trinajstić information content (AvgIpc) is 3.11. The molecule has 0 aliphatic heterocycles. The Hall–Kier alpha value is -2.31. The normalized spacial score (nSPS) is 12.5. The van der Waals surface area contributed by atoms with Crippen LogP contribution in [-0.4, -0.2) is 31.7 Å². The van der Waals surface area contributed by atoms with Crippen molar-refractivity contribution in [2.24, 2.45) is 5.92 Å². The van der Waals surface area contributed by atoms with E-state index in [9.17, 15) is 4.79 Å². The molecule has 0 bridgehead atoms. The number of benzene rings is 1. The summed E-state index contributed by atoms with van der Waals surface area (Å²) in [5, 5.41) is 14.0. The summed E-state index contributed by atoms with van der Waals surface area (Å²) in [6.45, 7) is 3.92. The van der Waals surface area contributed by atoms with Crippen LogP contribution < -0.4 is 5.32 Å². The highest BCUT2D eigenvalue weighted by Gasteiger charge is 2.19. The summed E-state index contributed by atoms with van der Waals surface area (Å²) in [4.78, 5) is 19.8. The third-order valence-corrected chi connectivity index (χ3v) is 4.96. The van der Waals surface area contributed by atoms with Gasteiger partial charge in [0.1, 0.15) is 5.82 Å². The van der Waals surface area contributed by atoms with Crippen LogP contribution in [0.15, 0.2) is 36.9 Å². The van der Waals surface area contributed by atoms with Crippen molar-refractivity contribution in [3.05, 3.63) is 47.0 Å². The molecule has 1 atom stereocenters. The van der Waals surface area contributed by atoms with E-state index in [1.807, 2.05) is 36.7 Å². The lowest BCUT2D eigenvalue weighted by atomic mass is 10.0. The summed E-state index contributed by atoms with van der Waals surface area (Å²) in [5.41, 5.74) is 1.37. The zero-order chi connectivity index (χ0) is 18.8. The monoisotopic (exact) mass is 392 g/mol. The van der Waals surface area contributed by atoms with Crippen LogP contribution in [0.4, 0.5) is 5.82 Å². The molecule has 136 valence electrons. The molecule has 1 aromatic carbocycles. The molecule has 0 amide bonds. The van der Waals surface area contributed by atoms with E-state index in [2.05, 4.69) is 15.3 Å². The van der Waals surface area contributed by atoms with Crippen molar-refractivity contribution in [2.45, 2.75) is 26.3 Å². The number of carboxylic acid groups (broad SMARTS) is 1. The Morgan fingerprint density at radius 3 is 2.73 bits per heavy atom. The third kappa shape index (κ3) is 3.76. The maximum atomic E-state index is 11.2. The number of hydrogen-bond donors (Lipinski definition) is 2. The van der Waals surface area contributed by atoms with Gasteiger partial charge < -0.3 is 15.0 Å².